The maximum Gasteiger partial charge on any atom is 0.354 e. The van der Waals surface area contributed by atoms with E-state index in [0.29, 0.717) is 18.8 Å². The topological polar surface area (TPSA) is 31.2 Å². The van der Waals surface area contributed by atoms with Crippen molar-refractivity contribution >= 4 is 21.9 Å². The highest BCUT2D eigenvalue weighted by molar-refractivity contribution is 9.10. The number of carbonyl (C=O) groups excluding carboxylic acids is 1. The van der Waals surface area contributed by atoms with Crippen LogP contribution in [0.4, 0.5) is 0 Å². The van der Waals surface area contributed by atoms with Gasteiger partial charge in [-0.1, -0.05) is 30.3 Å². The van der Waals surface area contributed by atoms with Gasteiger partial charge in [0, 0.05) is 6.54 Å². The van der Waals surface area contributed by atoms with Gasteiger partial charge in [0.15, 0.2) is 0 Å². The van der Waals surface area contributed by atoms with Crippen molar-refractivity contribution in [1.82, 2.24) is 4.57 Å². The molecule has 0 aliphatic rings. The zero-order chi connectivity index (χ0) is 13.0. The molecule has 18 heavy (non-hydrogen) atoms. The zero-order valence-corrected chi connectivity index (χ0v) is 11.7. The van der Waals surface area contributed by atoms with Gasteiger partial charge in [-0.3, -0.25) is 0 Å². The van der Waals surface area contributed by atoms with Crippen molar-refractivity contribution in [1.29, 1.82) is 0 Å². The monoisotopic (exact) mass is 307 g/mol. The van der Waals surface area contributed by atoms with Crippen LogP contribution in [-0.2, 0) is 11.3 Å². The predicted molar refractivity (Wildman–Crippen MR) is 73.6 cm³/mol. The molecule has 94 valence electrons. The van der Waals surface area contributed by atoms with E-state index in [1.165, 1.54) is 0 Å². The Labute approximate surface area is 115 Å². The first-order chi connectivity index (χ1) is 8.72. The molecule has 1 aromatic carbocycles. The summed E-state index contributed by atoms with van der Waals surface area (Å²) in [6.45, 7) is 2.83. The van der Waals surface area contributed by atoms with Gasteiger partial charge in [-0.05, 0) is 40.5 Å². The molecule has 0 atom stereocenters. The lowest BCUT2D eigenvalue weighted by atomic mass is 10.2. The predicted octanol–water partition coefficient (Wildman–Crippen LogP) is 3.48. The van der Waals surface area contributed by atoms with Crippen LogP contribution in [0.3, 0.4) is 0 Å². The number of hydrogen-bond acceptors (Lipinski definition) is 2. The minimum absolute atomic E-state index is 0.292. The van der Waals surface area contributed by atoms with Gasteiger partial charge in [-0.2, -0.15) is 0 Å². The normalized spacial score (nSPS) is 10.3. The van der Waals surface area contributed by atoms with Crippen molar-refractivity contribution in [2.75, 3.05) is 6.61 Å². The highest BCUT2D eigenvalue weighted by Crippen LogP contribution is 2.18. The minimum atomic E-state index is -0.292. The Kier molecular flexibility index (Phi) is 4.20. The Bertz CT molecular complexity index is 534. The maximum absolute atomic E-state index is 11.8. The molecule has 0 bridgehead atoms. The average Bonchev–Trinajstić information content (AvgIpc) is 2.73. The van der Waals surface area contributed by atoms with Gasteiger partial charge in [0.25, 0.3) is 0 Å². The molecule has 1 heterocycles. The molecule has 3 nitrogen and oxygen atoms in total. The fourth-order valence-electron chi connectivity index (χ4n) is 1.75. The van der Waals surface area contributed by atoms with E-state index < -0.39 is 0 Å². The van der Waals surface area contributed by atoms with Crippen LogP contribution in [0.2, 0.25) is 0 Å². The molecule has 2 rings (SSSR count). The molecule has 0 fully saturated rings. The molecule has 0 radical (unpaired) electrons. The van der Waals surface area contributed by atoms with Gasteiger partial charge in [0.1, 0.15) is 5.69 Å². The van der Waals surface area contributed by atoms with Gasteiger partial charge >= 0.3 is 5.97 Å². The van der Waals surface area contributed by atoms with Crippen LogP contribution in [0, 0.1) is 0 Å². The van der Waals surface area contributed by atoms with Gasteiger partial charge in [-0.15, -0.1) is 0 Å². The first-order valence-electron chi connectivity index (χ1n) is 5.78. The molecule has 0 aliphatic heterocycles. The van der Waals surface area contributed by atoms with Crippen molar-refractivity contribution in [2.24, 2.45) is 0 Å². The minimum Gasteiger partial charge on any atom is -0.461 e. The van der Waals surface area contributed by atoms with Crippen molar-refractivity contribution < 1.29 is 9.53 Å². The van der Waals surface area contributed by atoms with Crippen LogP contribution >= 0.6 is 15.9 Å². The fourth-order valence-corrected chi connectivity index (χ4v) is 2.20. The van der Waals surface area contributed by atoms with E-state index in [1.807, 2.05) is 41.0 Å². The van der Waals surface area contributed by atoms with E-state index in [0.717, 1.165) is 10.2 Å². The number of aromatic nitrogens is 1. The van der Waals surface area contributed by atoms with Crippen molar-refractivity contribution in [3.8, 4) is 0 Å². The lowest BCUT2D eigenvalue weighted by molar-refractivity contribution is 0.0514. The number of hydrogen-bond donors (Lipinski definition) is 0. The number of benzene rings is 1. The second-order valence-electron chi connectivity index (χ2n) is 3.83. The Balaban J connectivity index is 2.27. The molecule has 4 heteroatoms. The first-order valence-corrected chi connectivity index (χ1v) is 6.57. The largest absolute Gasteiger partial charge is 0.461 e. The Hall–Kier alpha value is -1.55. The summed E-state index contributed by atoms with van der Waals surface area (Å²) in [5, 5.41) is 0. The number of ether oxygens (including phenoxy) is 1. The third-order valence-electron chi connectivity index (χ3n) is 2.60. The Morgan fingerprint density at radius 2 is 1.94 bits per heavy atom. The summed E-state index contributed by atoms with van der Waals surface area (Å²) in [6, 6.07) is 13.6. The summed E-state index contributed by atoms with van der Waals surface area (Å²) >= 11 is 3.45. The van der Waals surface area contributed by atoms with Gasteiger partial charge in [-0.25, -0.2) is 4.79 Å². The lowest BCUT2D eigenvalue weighted by Gasteiger charge is -2.10. The van der Waals surface area contributed by atoms with Crippen LogP contribution in [0.1, 0.15) is 23.0 Å². The molecule has 0 saturated carbocycles. The van der Waals surface area contributed by atoms with E-state index in [1.54, 1.807) is 13.0 Å². The van der Waals surface area contributed by atoms with E-state index in [-0.39, 0.29) is 5.97 Å². The standard InChI is InChI=1S/C14H14BrNO2/c1-2-18-14(17)12-8-9-13(15)16(12)10-11-6-4-3-5-7-11/h3-9H,2,10H2,1H3. The third kappa shape index (κ3) is 2.82. The van der Waals surface area contributed by atoms with Gasteiger partial charge in [0.2, 0.25) is 0 Å². The summed E-state index contributed by atoms with van der Waals surface area (Å²) in [5.41, 5.74) is 1.70. The number of nitrogens with zero attached hydrogens (tertiary/aromatic N) is 1. The first kappa shape index (κ1) is 12.9. The third-order valence-corrected chi connectivity index (χ3v) is 3.29. The van der Waals surface area contributed by atoms with Crippen molar-refractivity contribution in [3.05, 3.63) is 58.3 Å². The zero-order valence-electron chi connectivity index (χ0n) is 10.1. The second-order valence-corrected chi connectivity index (χ2v) is 4.65. The van der Waals surface area contributed by atoms with E-state index in [4.69, 9.17) is 4.74 Å². The maximum atomic E-state index is 11.8. The molecule has 0 N–H and O–H groups in total. The van der Waals surface area contributed by atoms with Crippen LogP contribution in [0.25, 0.3) is 0 Å². The van der Waals surface area contributed by atoms with Gasteiger partial charge in [0.05, 0.1) is 11.2 Å². The van der Waals surface area contributed by atoms with Crippen LogP contribution in [-0.4, -0.2) is 17.1 Å². The summed E-state index contributed by atoms with van der Waals surface area (Å²) in [7, 11) is 0. The molecular formula is C14H14BrNO2. The highest BCUT2D eigenvalue weighted by Gasteiger charge is 2.14. The molecule has 0 aliphatic carbocycles. The second kappa shape index (κ2) is 5.87. The molecule has 0 spiro atoms. The molecule has 1 aromatic heterocycles. The Morgan fingerprint density at radius 3 is 2.61 bits per heavy atom. The number of halogens is 1. The molecule has 0 saturated heterocycles. The smallest absolute Gasteiger partial charge is 0.354 e. The quantitative estimate of drug-likeness (QED) is 0.810. The summed E-state index contributed by atoms with van der Waals surface area (Å²) in [4.78, 5) is 11.8. The molecule has 2 aromatic rings. The van der Waals surface area contributed by atoms with Gasteiger partial charge < -0.3 is 9.30 Å². The molecule has 0 unspecified atom stereocenters. The molecule has 0 amide bonds. The van der Waals surface area contributed by atoms with Crippen LogP contribution in [0.15, 0.2) is 47.1 Å². The average molecular weight is 308 g/mol. The lowest BCUT2D eigenvalue weighted by Crippen LogP contribution is -2.13. The number of rotatable bonds is 4. The number of esters is 1. The van der Waals surface area contributed by atoms with Crippen LogP contribution in [0.5, 0.6) is 0 Å². The highest BCUT2D eigenvalue weighted by atomic mass is 79.9. The molecular weight excluding hydrogens is 294 g/mol. The summed E-state index contributed by atoms with van der Waals surface area (Å²) in [6.07, 6.45) is 0. The van der Waals surface area contributed by atoms with E-state index in [9.17, 15) is 4.79 Å². The Morgan fingerprint density at radius 1 is 1.22 bits per heavy atom. The SMILES string of the molecule is CCOC(=O)c1ccc(Br)n1Cc1ccccc1. The van der Waals surface area contributed by atoms with Crippen molar-refractivity contribution in [3.63, 3.8) is 0 Å². The van der Waals surface area contributed by atoms with Crippen molar-refractivity contribution in [2.45, 2.75) is 13.5 Å². The number of carbonyl (C=O) groups is 1. The van der Waals surface area contributed by atoms with E-state index >= 15 is 0 Å². The summed E-state index contributed by atoms with van der Waals surface area (Å²) in [5.74, 6) is -0.292. The van der Waals surface area contributed by atoms with Crippen LogP contribution < -0.4 is 0 Å². The summed E-state index contributed by atoms with van der Waals surface area (Å²) < 4.78 is 7.81. The van der Waals surface area contributed by atoms with E-state index in [2.05, 4.69) is 15.9 Å². The fraction of sp³-hybridized carbons (Fsp3) is 0.214.